The molecule has 3 heterocycles. The number of hydrogen-bond donors (Lipinski definition) is 0. The van der Waals surface area contributed by atoms with E-state index in [1.165, 1.54) is 33.5 Å². The zero-order chi connectivity index (χ0) is 29.1. The minimum atomic E-state index is 0.299. The Morgan fingerprint density at radius 2 is 1.40 bits per heavy atom. The number of fused-ring (bicyclic) bond motifs is 4. The Morgan fingerprint density at radius 1 is 0.714 bits per heavy atom. The molecule has 0 fully saturated rings. The molecule has 0 N–H and O–H groups in total. The van der Waals surface area contributed by atoms with Crippen molar-refractivity contribution in [1.29, 1.82) is 0 Å². The molecule has 0 atom stereocenters. The highest BCUT2D eigenvalue weighted by Gasteiger charge is 2.26. The van der Waals surface area contributed by atoms with Crippen molar-refractivity contribution in [2.75, 3.05) is 0 Å². The van der Waals surface area contributed by atoms with E-state index in [1.54, 1.807) is 0 Å². The first kappa shape index (κ1) is 26.2. The second-order valence-electron chi connectivity index (χ2n) is 11.9. The Kier molecular flexibility index (Phi) is 6.23. The van der Waals surface area contributed by atoms with Crippen LogP contribution in [0.4, 0.5) is 0 Å². The lowest BCUT2D eigenvalue weighted by Gasteiger charge is -2.24. The van der Waals surface area contributed by atoms with Gasteiger partial charge < -0.3 is 4.42 Å². The molecule has 0 saturated carbocycles. The van der Waals surface area contributed by atoms with Crippen LogP contribution in [0.25, 0.3) is 61.2 Å². The molecular formula is C38H35N3O. The van der Waals surface area contributed by atoms with Crippen LogP contribution in [-0.2, 0) is 0 Å². The largest absolute Gasteiger partial charge is 0.453 e. The lowest BCUT2D eigenvalue weighted by Crippen LogP contribution is -2.09. The summed E-state index contributed by atoms with van der Waals surface area (Å²) >= 11 is 0. The molecule has 7 aromatic rings. The van der Waals surface area contributed by atoms with Crippen molar-refractivity contribution in [2.45, 2.75) is 53.4 Å². The van der Waals surface area contributed by atoms with Crippen molar-refractivity contribution in [3.8, 4) is 28.2 Å². The average Bonchev–Trinajstić information content (AvgIpc) is 3.57. The number of benzene rings is 4. The predicted octanol–water partition coefficient (Wildman–Crippen LogP) is 10.5. The van der Waals surface area contributed by atoms with E-state index in [0.29, 0.717) is 11.8 Å². The molecule has 0 aliphatic heterocycles. The van der Waals surface area contributed by atoms with E-state index in [0.717, 1.165) is 50.1 Å². The van der Waals surface area contributed by atoms with Crippen molar-refractivity contribution in [2.24, 2.45) is 0 Å². The molecule has 4 nitrogen and oxygen atoms in total. The van der Waals surface area contributed by atoms with Crippen LogP contribution in [0, 0.1) is 13.8 Å². The summed E-state index contributed by atoms with van der Waals surface area (Å²) in [5.41, 5.74) is 13.1. The summed E-state index contributed by atoms with van der Waals surface area (Å²) in [4.78, 5) is 9.82. The lowest BCUT2D eigenvalue weighted by molar-refractivity contribution is 0.663. The first-order chi connectivity index (χ1) is 20.3. The summed E-state index contributed by atoms with van der Waals surface area (Å²) in [6, 6.07) is 30.3. The maximum atomic E-state index is 6.65. The molecule has 0 unspecified atom stereocenters. The van der Waals surface area contributed by atoms with Crippen LogP contribution in [0.3, 0.4) is 0 Å². The summed E-state index contributed by atoms with van der Waals surface area (Å²) in [6.45, 7) is 13.3. The number of pyridine rings is 1. The van der Waals surface area contributed by atoms with Gasteiger partial charge in [-0.2, -0.15) is 0 Å². The minimum absolute atomic E-state index is 0.299. The van der Waals surface area contributed by atoms with Crippen LogP contribution in [0.1, 0.15) is 61.9 Å². The van der Waals surface area contributed by atoms with Crippen LogP contribution in [0.5, 0.6) is 0 Å². The number of nitrogens with zero attached hydrogens (tertiary/aromatic N) is 3. The quantitative estimate of drug-likeness (QED) is 0.214. The van der Waals surface area contributed by atoms with E-state index in [1.807, 2.05) is 13.1 Å². The normalized spacial score (nSPS) is 12.0. The van der Waals surface area contributed by atoms with Crippen molar-refractivity contribution >= 4 is 33.0 Å². The van der Waals surface area contributed by atoms with E-state index in [2.05, 4.69) is 129 Å². The molecule has 0 spiro atoms. The molecule has 7 rings (SSSR count). The Bertz CT molecular complexity index is 2080. The molecule has 0 saturated heterocycles. The number of imidazole rings is 1. The maximum absolute atomic E-state index is 6.65. The Morgan fingerprint density at radius 3 is 2.12 bits per heavy atom. The lowest BCUT2D eigenvalue weighted by atomic mass is 9.88. The average molecular weight is 550 g/mol. The number of rotatable bonds is 5. The molecule has 42 heavy (non-hydrogen) atoms. The number of aryl methyl sites for hydroxylation is 2. The fourth-order valence-electron chi connectivity index (χ4n) is 6.33. The highest BCUT2D eigenvalue weighted by atomic mass is 16.3. The smallest absolute Gasteiger partial charge is 0.156 e. The molecule has 208 valence electrons. The second-order valence-corrected chi connectivity index (χ2v) is 11.9. The van der Waals surface area contributed by atoms with Gasteiger partial charge in [0.25, 0.3) is 0 Å². The number of hydrogen-bond acceptors (Lipinski definition) is 3. The van der Waals surface area contributed by atoms with Gasteiger partial charge in [0.05, 0.1) is 28.0 Å². The van der Waals surface area contributed by atoms with Crippen molar-refractivity contribution < 1.29 is 4.42 Å². The van der Waals surface area contributed by atoms with E-state index in [-0.39, 0.29) is 0 Å². The fraction of sp³-hybridized carbons (Fsp3) is 0.211. The van der Waals surface area contributed by atoms with E-state index in [4.69, 9.17) is 9.40 Å². The predicted molar refractivity (Wildman–Crippen MR) is 175 cm³/mol. The monoisotopic (exact) mass is 549 g/mol. The van der Waals surface area contributed by atoms with Gasteiger partial charge in [0.15, 0.2) is 5.58 Å². The molecular weight excluding hydrogens is 514 g/mol. The Labute approximate surface area is 246 Å². The fourth-order valence-corrected chi connectivity index (χ4v) is 6.33. The van der Waals surface area contributed by atoms with Crippen LogP contribution in [-0.4, -0.2) is 14.5 Å². The molecule has 4 heteroatoms. The number of para-hydroxylation sites is 2. The van der Waals surface area contributed by atoms with E-state index >= 15 is 0 Å². The van der Waals surface area contributed by atoms with E-state index < -0.39 is 0 Å². The van der Waals surface area contributed by atoms with Gasteiger partial charge in [0.1, 0.15) is 11.4 Å². The van der Waals surface area contributed by atoms with Gasteiger partial charge in [-0.1, -0.05) is 76.2 Å². The van der Waals surface area contributed by atoms with Crippen molar-refractivity contribution in [3.63, 3.8) is 0 Å². The zero-order valence-corrected chi connectivity index (χ0v) is 25.1. The molecule has 0 aliphatic carbocycles. The Hall–Kier alpha value is -4.70. The third-order valence-corrected chi connectivity index (χ3v) is 8.47. The second kappa shape index (κ2) is 9.99. The van der Waals surface area contributed by atoms with Gasteiger partial charge in [0.2, 0.25) is 0 Å². The number of furan rings is 1. The summed E-state index contributed by atoms with van der Waals surface area (Å²) in [5, 5.41) is 2.22. The topological polar surface area (TPSA) is 43.9 Å². The van der Waals surface area contributed by atoms with Gasteiger partial charge >= 0.3 is 0 Å². The van der Waals surface area contributed by atoms with Crippen molar-refractivity contribution in [1.82, 2.24) is 14.5 Å². The van der Waals surface area contributed by atoms with Crippen LogP contribution >= 0.6 is 0 Å². The molecule has 0 aliphatic rings. The molecule has 4 aromatic carbocycles. The third kappa shape index (κ3) is 4.05. The summed E-state index contributed by atoms with van der Waals surface area (Å²) < 4.78 is 9.04. The maximum Gasteiger partial charge on any atom is 0.156 e. The summed E-state index contributed by atoms with van der Waals surface area (Å²) in [7, 11) is 0. The zero-order valence-electron chi connectivity index (χ0n) is 25.1. The Balaban J connectivity index is 1.61. The standard InChI is InChI=1S/C38H35N3O/c1-22(2)30-20-27(26-12-8-7-9-13-26)21-31(23(3)4)35(30)41-33-15-11-10-14-32(33)40-38(41)29-17-16-24(5)34-28-18-19-39-25(6)36(28)42-37(29)34/h7-23H,1-6H3. The molecule has 0 bridgehead atoms. The first-order valence-electron chi connectivity index (χ1n) is 14.8. The third-order valence-electron chi connectivity index (χ3n) is 8.47. The van der Waals surface area contributed by atoms with Crippen molar-refractivity contribution in [3.05, 3.63) is 114 Å². The van der Waals surface area contributed by atoms with Crippen LogP contribution in [0.2, 0.25) is 0 Å². The van der Waals surface area contributed by atoms with Gasteiger partial charge in [-0.3, -0.25) is 9.55 Å². The van der Waals surface area contributed by atoms with Crippen LogP contribution < -0.4 is 0 Å². The summed E-state index contributed by atoms with van der Waals surface area (Å²) in [5.74, 6) is 1.49. The van der Waals surface area contributed by atoms with Gasteiger partial charge in [0, 0.05) is 17.0 Å². The first-order valence-corrected chi connectivity index (χ1v) is 14.8. The van der Waals surface area contributed by atoms with Gasteiger partial charge in [-0.25, -0.2) is 4.98 Å². The molecule has 0 amide bonds. The molecule has 0 radical (unpaired) electrons. The van der Waals surface area contributed by atoms with Gasteiger partial charge in [-0.15, -0.1) is 0 Å². The molecule has 3 aromatic heterocycles. The summed E-state index contributed by atoms with van der Waals surface area (Å²) in [6.07, 6.45) is 1.87. The number of aromatic nitrogens is 3. The highest BCUT2D eigenvalue weighted by molar-refractivity contribution is 6.11. The van der Waals surface area contributed by atoms with E-state index in [9.17, 15) is 0 Å². The SMILES string of the molecule is Cc1nccc2c1oc1c(-c3nc4ccccc4n3-c3c(C(C)C)cc(-c4ccccc4)cc3C(C)C)ccc(C)c12. The highest BCUT2D eigenvalue weighted by Crippen LogP contribution is 2.43. The van der Waals surface area contributed by atoms with Gasteiger partial charge in [-0.05, 0) is 89.9 Å². The minimum Gasteiger partial charge on any atom is -0.453 e. The van der Waals surface area contributed by atoms with Crippen LogP contribution in [0.15, 0.2) is 95.5 Å².